The average molecular weight is 473 g/mol. The molecule has 3 aromatic rings. The van der Waals surface area contributed by atoms with Crippen molar-refractivity contribution in [1.29, 1.82) is 0 Å². The van der Waals surface area contributed by atoms with Crippen LogP contribution in [0, 0.1) is 12.8 Å². The van der Waals surface area contributed by atoms with Crippen molar-refractivity contribution in [3.63, 3.8) is 0 Å². The Morgan fingerprint density at radius 2 is 1.82 bits per heavy atom. The van der Waals surface area contributed by atoms with Gasteiger partial charge >= 0.3 is 6.18 Å². The smallest absolute Gasteiger partial charge is 0.429 e. The summed E-state index contributed by atoms with van der Waals surface area (Å²) in [6.45, 7) is 3.00. The summed E-state index contributed by atoms with van der Waals surface area (Å²) in [5.41, 5.74) is 1.01. The van der Waals surface area contributed by atoms with Crippen molar-refractivity contribution >= 4 is 5.91 Å². The van der Waals surface area contributed by atoms with Crippen LogP contribution in [-0.4, -0.2) is 46.2 Å². The molecule has 0 bridgehead atoms. The van der Waals surface area contributed by atoms with Crippen LogP contribution in [0.25, 0.3) is 11.3 Å². The molecule has 1 fully saturated rings. The molecule has 0 unspecified atom stereocenters. The van der Waals surface area contributed by atoms with Crippen LogP contribution < -0.4 is 4.74 Å². The maximum Gasteiger partial charge on any atom is 0.429 e. The minimum absolute atomic E-state index is 0.0551. The van der Waals surface area contributed by atoms with Gasteiger partial charge in [0, 0.05) is 42.0 Å². The summed E-state index contributed by atoms with van der Waals surface area (Å²) in [6.07, 6.45) is -4.09. The van der Waals surface area contributed by atoms with Gasteiger partial charge in [0.15, 0.2) is 0 Å². The molecular weight excluding hydrogens is 450 g/mol. The van der Waals surface area contributed by atoms with Crippen LogP contribution in [0.3, 0.4) is 0 Å². The maximum absolute atomic E-state index is 14.0. The van der Waals surface area contributed by atoms with Crippen molar-refractivity contribution in [2.24, 2.45) is 5.92 Å². The molecule has 178 valence electrons. The van der Waals surface area contributed by atoms with Gasteiger partial charge in [-0.3, -0.25) is 19.2 Å². The van der Waals surface area contributed by atoms with Gasteiger partial charge in [-0.25, -0.2) is 0 Å². The van der Waals surface area contributed by atoms with Crippen molar-refractivity contribution in [2.45, 2.75) is 32.2 Å². The third-order valence-corrected chi connectivity index (χ3v) is 6.08. The van der Waals surface area contributed by atoms with Gasteiger partial charge in [0.05, 0.1) is 23.6 Å². The lowest BCUT2D eigenvalue weighted by Gasteiger charge is -2.45. The standard InChI is InChI=1S/C25H23F4N3O2/c1-15-22(31-12-11-30-15)19-9-6-10-20(21(19)24(33)32-14-18(13-26)16(32)2)34-23(25(27,28)29)17-7-4-3-5-8-17/h3-12,16,18,23H,13-14H2,1-2H3/t16-,18-,23-/m0/s1. The van der Waals surface area contributed by atoms with Gasteiger partial charge in [-0.2, -0.15) is 13.2 Å². The Labute approximate surface area is 194 Å². The Bertz CT molecular complexity index is 1170. The summed E-state index contributed by atoms with van der Waals surface area (Å²) in [4.78, 5) is 23.5. The number of hydrogen-bond acceptors (Lipinski definition) is 4. The highest BCUT2D eigenvalue weighted by Crippen LogP contribution is 2.41. The molecule has 0 aliphatic carbocycles. The first-order valence-corrected chi connectivity index (χ1v) is 10.8. The molecule has 4 rings (SSSR count). The zero-order valence-electron chi connectivity index (χ0n) is 18.6. The van der Waals surface area contributed by atoms with E-state index in [1.165, 1.54) is 53.7 Å². The van der Waals surface area contributed by atoms with Crippen molar-refractivity contribution < 1.29 is 27.1 Å². The highest BCUT2D eigenvalue weighted by molar-refractivity contribution is 6.04. The number of hydrogen-bond donors (Lipinski definition) is 0. The van der Waals surface area contributed by atoms with Crippen LogP contribution in [0.1, 0.15) is 34.6 Å². The summed E-state index contributed by atoms with van der Waals surface area (Å²) < 4.78 is 60.8. The van der Waals surface area contributed by atoms with Gasteiger partial charge in [0.25, 0.3) is 5.91 Å². The number of rotatable bonds is 6. The third-order valence-electron chi connectivity index (χ3n) is 6.08. The summed E-state index contributed by atoms with van der Waals surface area (Å²) in [5, 5.41) is 0. The normalized spacial score (nSPS) is 18.8. The van der Waals surface area contributed by atoms with Crippen LogP contribution in [0.5, 0.6) is 5.75 Å². The minimum Gasteiger partial charge on any atom is -0.475 e. The summed E-state index contributed by atoms with van der Waals surface area (Å²) in [6, 6.07) is 11.3. The van der Waals surface area contributed by atoms with E-state index in [1.54, 1.807) is 26.0 Å². The van der Waals surface area contributed by atoms with E-state index in [-0.39, 0.29) is 29.3 Å². The molecule has 0 N–H and O–H groups in total. The fourth-order valence-electron chi connectivity index (χ4n) is 4.08. The van der Waals surface area contributed by atoms with Gasteiger partial charge in [0.2, 0.25) is 6.10 Å². The molecule has 9 heteroatoms. The lowest BCUT2D eigenvalue weighted by molar-refractivity contribution is -0.198. The van der Waals surface area contributed by atoms with Crippen molar-refractivity contribution in [2.75, 3.05) is 13.2 Å². The van der Waals surface area contributed by atoms with Gasteiger partial charge in [0.1, 0.15) is 5.75 Å². The van der Waals surface area contributed by atoms with E-state index in [2.05, 4.69) is 9.97 Å². The molecule has 0 spiro atoms. The van der Waals surface area contributed by atoms with E-state index in [9.17, 15) is 22.4 Å². The van der Waals surface area contributed by atoms with Crippen LogP contribution in [0.2, 0.25) is 0 Å². The summed E-state index contributed by atoms with van der Waals surface area (Å²) in [7, 11) is 0. The van der Waals surface area contributed by atoms with Crippen LogP contribution >= 0.6 is 0 Å². The topological polar surface area (TPSA) is 55.3 Å². The zero-order chi connectivity index (χ0) is 24.5. The number of carbonyl (C=O) groups is 1. The second-order valence-electron chi connectivity index (χ2n) is 8.23. The second-order valence-corrected chi connectivity index (χ2v) is 8.23. The Balaban J connectivity index is 1.83. The number of ether oxygens (including phenoxy) is 1. The fraction of sp³-hybridized carbons (Fsp3) is 0.320. The molecule has 1 amide bonds. The molecule has 2 aromatic carbocycles. The molecule has 34 heavy (non-hydrogen) atoms. The predicted molar refractivity (Wildman–Crippen MR) is 118 cm³/mol. The predicted octanol–water partition coefficient (Wildman–Crippen LogP) is 5.56. The first kappa shape index (κ1) is 23.7. The van der Waals surface area contributed by atoms with Gasteiger partial charge in [-0.1, -0.05) is 42.5 Å². The molecular formula is C25H23F4N3O2. The van der Waals surface area contributed by atoms with E-state index in [0.717, 1.165) is 0 Å². The molecule has 0 radical (unpaired) electrons. The first-order valence-electron chi connectivity index (χ1n) is 10.8. The average Bonchev–Trinajstić information content (AvgIpc) is 2.81. The Kier molecular flexibility index (Phi) is 6.54. The number of alkyl halides is 4. The molecule has 1 aliphatic rings. The number of likely N-dealkylation sites (tertiary alicyclic amines) is 1. The number of carbonyl (C=O) groups excluding carboxylic acids is 1. The quantitative estimate of drug-likeness (QED) is 0.440. The highest BCUT2D eigenvalue weighted by Gasteiger charge is 2.45. The number of benzene rings is 2. The lowest BCUT2D eigenvalue weighted by Crippen LogP contribution is -2.58. The van der Waals surface area contributed by atoms with E-state index in [0.29, 0.717) is 17.0 Å². The van der Waals surface area contributed by atoms with Gasteiger partial charge < -0.3 is 9.64 Å². The van der Waals surface area contributed by atoms with Crippen molar-refractivity contribution in [1.82, 2.24) is 14.9 Å². The fourth-order valence-corrected chi connectivity index (χ4v) is 4.08. The van der Waals surface area contributed by atoms with Crippen LogP contribution in [-0.2, 0) is 0 Å². The van der Waals surface area contributed by atoms with Gasteiger partial charge in [-0.05, 0) is 19.9 Å². The lowest BCUT2D eigenvalue weighted by atomic mass is 9.89. The van der Waals surface area contributed by atoms with E-state index < -0.39 is 30.9 Å². The van der Waals surface area contributed by atoms with Gasteiger partial charge in [-0.15, -0.1) is 0 Å². The van der Waals surface area contributed by atoms with Crippen LogP contribution in [0.15, 0.2) is 60.9 Å². The minimum atomic E-state index is -4.73. The van der Waals surface area contributed by atoms with Crippen LogP contribution in [0.4, 0.5) is 17.6 Å². The van der Waals surface area contributed by atoms with E-state index in [1.807, 2.05) is 0 Å². The molecule has 1 saturated heterocycles. The summed E-state index contributed by atoms with van der Waals surface area (Å²) >= 11 is 0. The number of aryl methyl sites for hydroxylation is 1. The molecule has 3 atom stereocenters. The van der Waals surface area contributed by atoms with E-state index in [4.69, 9.17) is 4.74 Å². The largest absolute Gasteiger partial charge is 0.475 e. The number of nitrogens with zero attached hydrogens (tertiary/aromatic N) is 3. The monoisotopic (exact) mass is 473 g/mol. The molecule has 1 aromatic heterocycles. The zero-order valence-corrected chi connectivity index (χ0v) is 18.6. The number of aromatic nitrogens is 2. The third kappa shape index (κ3) is 4.47. The van der Waals surface area contributed by atoms with E-state index >= 15 is 0 Å². The maximum atomic E-state index is 14.0. The first-order chi connectivity index (χ1) is 16.2. The van der Waals surface area contributed by atoms with Crippen molar-refractivity contribution in [3.8, 4) is 17.0 Å². The Morgan fingerprint density at radius 3 is 2.44 bits per heavy atom. The Morgan fingerprint density at radius 1 is 1.12 bits per heavy atom. The Hall–Kier alpha value is -3.49. The SMILES string of the molecule is Cc1nccnc1-c1cccc(O[C@@H](c2ccccc2)C(F)(F)F)c1C(=O)N1C[C@H](CF)[C@@H]1C. The molecule has 5 nitrogen and oxygen atoms in total. The number of halogens is 4. The number of amides is 1. The second kappa shape index (κ2) is 9.40. The molecule has 0 saturated carbocycles. The highest BCUT2D eigenvalue weighted by atomic mass is 19.4. The summed E-state index contributed by atoms with van der Waals surface area (Å²) in [5.74, 6) is -1.08. The molecule has 2 heterocycles. The van der Waals surface area contributed by atoms with Crippen molar-refractivity contribution in [3.05, 3.63) is 77.7 Å². The molecule has 1 aliphatic heterocycles.